The van der Waals surface area contributed by atoms with Gasteiger partial charge in [-0.2, -0.15) is 0 Å². The van der Waals surface area contributed by atoms with Crippen LogP contribution in [0.3, 0.4) is 0 Å². The molecule has 2 aromatic carbocycles. The van der Waals surface area contributed by atoms with Crippen molar-refractivity contribution in [1.29, 1.82) is 0 Å². The van der Waals surface area contributed by atoms with Gasteiger partial charge >= 0.3 is 5.97 Å². The lowest BCUT2D eigenvalue weighted by molar-refractivity contribution is -0.136. The number of hydrogen-bond acceptors (Lipinski definition) is 5. The number of hydrogen-bond donors (Lipinski definition) is 1. The van der Waals surface area contributed by atoms with E-state index in [4.69, 9.17) is 21.7 Å². The number of carboxylic acids is 1. The van der Waals surface area contributed by atoms with Crippen molar-refractivity contribution in [2.45, 2.75) is 38.8 Å². The maximum absolute atomic E-state index is 11.0. The molecule has 1 N–H and O–H groups in total. The molecule has 5 nitrogen and oxygen atoms in total. The predicted molar refractivity (Wildman–Crippen MR) is 124 cm³/mol. The SMILES string of the molecule is CCN(Cc1cccc(CC(=O)O)c1)C1CCN(c2nc3ccc(Cl)cc3s2)CC1. The van der Waals surface area contributed by atoms with Gasteiger partial charge in [-0.05, 0) is 48.7 Å². The third-order valence-corrected chi connectivity index (χ3v) is 7.04. The first kappa shape index (κ1) is 21.1. The van der Waals surface area contributed by atoms with Gasteiger partial charge in [-0.3, -0.25) is 9.69 Å². The number of benzene rings is 2. The predicted octanol–water partition coefficient (Wildman–Crippen LogP) is 5.07. The number of anilines is 1. The second kappa shape index (κ2) is 9.33. The summed E-state index contributed by atoms with van der Waals surface area (Å²) in [7, 11) is 0. The molecule has 0 unspecified atom stereocenters. The Kier molecular flexibility index (Phi) is 6.56. The topological polar surface area (TPSA) is 56.7 Å². The van der Waals surface area contributed by atoms with E-state index in [2.05, 4.69) is 22.8 Å². The lowest BCUT2D eigenvalue weighted by Crippen LogP contribution is -2.44. The first-order chi connectivity index (χ1) is 14.5. The van der Waals surface area contributed by atoms with E-state index in [0.717, 1.165) is 65.0 Å². The highest BCUT2D eigenvalue weighted by molar-refractivity contribution is 7.22. The molecule has 0 atom stereocenters. The molecule has 2 heterocycles. The van der Waals surface area contributed by atoms with Crippen molar-refractivity contribution >= 4 is 44.3 Å². The average Bonchev–Trinajstić information content (AvgIpc) is 3.15. The highest BCUT2D eigenvalue weighted by Gasteiger charge is 2.25. The van der Waals surface area contributed by atoms with Crippen LogP contribution < -0.4 is 4.90 Å². The molecule has 0 bridgehead atoms. The van der Waals surface area contributed by atoms with Gasteiger partial charge in [0.1, 0.15) is 0 Å². The minimum atomic E-state index is -0.788. The molecule has 0 saturated carbocycles. The summed E-state index contributed by atoms with van der Waals surface area (Å²) in [5, 5.41) is 10.9. The molecule has 1 aliphatic rings. The van der Waals surface area contributed by atoms with E-state index in [1.165, 1.54) is 5.56 Å². The number of fused-ring (bicyclic) bond motifs is 1. The molecule has 7 heteroatoms. The zero-order chi connectivity index (χ0) is 21.1. The Morgan fingerprint density at radius 1 is 1.23 bits per heavy atom. The van der Waals surface area contributed by atoms with Gasteiger partial charge in [-0.25, -0.2) is 4.98 Å². The highest BCUT2D eigenvalue weighted by Crippen LogP contribution is 2.32. The molecule has 0 aliphatic carbocycles. The maximum atomic E-state index is 11.0. The van der Waals surface area contributed by atoms with Crippen molar-refractivity contribution < 1.29 is 9.90 Å². The van der Waals surface area contributed by atoms with Crippen LogP contribution in [0.2, 0.25) is 5.02 Å². The van der Waals surface area contributed by atoms with E-state index in [1.54, 1.807) is 11.3 Å². The van der Waals surface area contributed by atoms with Gasteiger partial charge < -0.3 is 10.0 Å². The zero-order valence-corrected chi connectivity index (χ0v) is 18.6. The first-order valence-corrected chi connectivity index (χ1v) is 11.6. The van der Waals surface area contributed by atoms with Crippen LogP contribution in [0.15, 0.2) is 42.5 Å². The lowest BCUT2D eigenvalue weighted by atomic mass is 10.0. The van der Waals surface area contributed by atoms with Crippen LogP contribution in [0, 0.1) is 0 Å². The summed E-state index contributed by atoms with van der Waals surface area (Å²) in [5.74, 6) is -0.788. The van der Waals surface area contributed by atoms with Gasteiger partial charge in [0.15, 0.2) is 5.13 Å². The van der Waals surface area contributed by atoms with E-state index >= 15 is 0 Å². The summed E-state index contributed by atoms with van der Waals surface area (Å²) in [4.78, 5) is 20.7. The van der Waals surface area contributed by atoms with Crippen molar-refractivity contribution in [3.05, 3.63) is 58.6 Å². The van der Waals surface area contributed by atoms with Crippen molar-refractivity contribution in [2.24, 2.45) is 0 Å². The van der Waals surface area contributed by atoms with E-state index < -0.39 is 5.97 Å². The molecule has 0 amide bonds. The van der Waals surface area contributed by atoms with Crippen LogP contribution in [0.5, 0.6) is 0 Å². The molecular weight excluding hydrogens is 418 g/mol. The Hall–Kier alpha value is -2.15. The average molecular weight is 444 g/mol. The molecule has 1 aliphatic heterocycles. The molecule has 30 heavy (non-hydrogen) atoms. The second-order valence-electron chi connectivity index (χ2n) is 7.78. The monoisotopic (exact) mass is 443 g/mol. The summed E-state index contributed by atoms with van der Waals surface area (Å²) in [5.41, 5.74) is 3.06. The second-order valence-corrected chi connectivity index (χ2v) is 9.23. The molecule has 4 rings (SSSR count). The number of rotatable bonds is 7. The van der Waals surface area contributed by atoms with Crippen LogP contribution in [-0.4, -0.2) is 46.6 Å². The summed E-state index contributed by atoms with van der Waals surface area (Å²) >= 11 is 7.83. The zero-order valence-electron chi connectivity index (χ0n) is 17.1. The number of thiazole rings is 1. The Bertz CT molecular complexity index is 1030. The van der Waals surface area contributed by atoms with Crippen molar-refractivity contribution in [2.75, 3.05) is 24.5 Å². The Morgan fingerprint density at radius 3 is 2.73 bits per heavy atom. The number of halogens is 1. The van der Waals surface area contributed by atoms with Gasteiger partial charge in [0, 0.05) is 30.7 Å². The Balaban J connectivity index is 1.38. The largest absolute Gasteiger partial charge is 0.481 e. The minimum absolute atomic E-state index is 0.0751. The third-order valence-electron chi connectivity index (χ3n) is 5.73. The van der Waals surface area contributed by atoms with Gasteiger partial charge in [-0.15, -0.1) is 0 Å². The van der Waals surface area contributed by atoms with Gasteiger partial charge in [0.05, 0.1) is 16.6 Å². The number of nitrogens with zero attached hydrogens (tertiary/aromatic N) is 3. The number of aromatic nitrogens is 1. The number of carbonyl (C=O) groups is 1. The van der Waals surface area contributed by atoms with Crippen molar-refractivity contribution in [3.8, 4) is 0 Å². The number of aliphatic carboxylic acids is 1. The van der Waals surface area contributed by atoms with Crippen LogP contribution in [0.4, 0.5) is 5.13 Å². The van der Waals surface area contributed by atoms with E-state index in [0.29, 0.717) is 6.04 Å². The van der Waals surface area contributed by atoms with Crippen LogP contribution in [0.1, 0.15) is 30.9 Å². The van der Waals surface area contributed by atoms with E-state index in [9.17, 15) is 4.79 Å². The Morgan fingerprint density at radius 2 is 2.00 bits per heavy atom. The molecule has 1 saturated heterocycles. The molecule has 1 aromatic heterocycles. The standard InChI is InChI=1S/C23H26ClN3O2S/c1-2-26(15-17-5-3-4-16(12-17)13-22(28)29)19-8-10-27(11-9-19)23-25-20-7-6-18(24)14-21(20)30-23/h3-7,12,14,19H,2,8-11,13,15H2,1H3,(H,28,29). The molecule has 158 valence electrons. The summed E-state index contributed by atoms with van der Waals surface area (Å²) < 4.78 is 1.14. The van der Waals surface area contributed by atoms with E-state index in [1.807, 2.05) is 36.4 Å². The normalized spacial score (nSPS) is 15.2. The van der Waals surface area contributed by atoms with Gasteiger partial charge in [0.25, 0.3) is 0 Å². The van der Waals surface area contributed by atoms with Crippen molar-refractivity contribution in [3.63, 3.8) is 0 Å². The smallest absolute Gasteiger partial charge is 0.307 e. The minimum Gasteiger partial charge on any atom is -0.481 e. The van der Waals surface area contributed by atoms with Crippen LogP contribution in [0.25, 0.3) is 10.2 Å². The molecular formula is C23H26ClN3O2S. The molecule has 0 spiro atoms. The molecule has 0 radical (unpaired) electrons. The van der Waals surface area contributed by atoms with Crippen LogP contribution in [-0.2, 0) is 17.8 Å². The fourth-order valence-electron chi connectivity index (χ4n) is 4.19. The molecule has 3 aromatic rings. The number of piperidine rings is 1. The summed E-state index contributed by atoms with van der Waals surface area (Å²) in [6.45, 7) is 6.02. The van der Waals surface area contributed by atoms with Crippen molar-refractivity contribution in [1.82, 2.24) is 9.88 Å². The summed E-state index contributed by atoms with van der Waals surface area (Å²) in [6.07, 6.45) is 2.27. The van der Waals surface area contributed by atoms with Gasteiger partial charge in [-0.1, -0.05) is 54.1 Å². The fraction of sp³-hybridized carbons (Fsp3) is 0.391. The first-order valence-electron chi connectivity index (χ1n) is 10.4. The number of carboxylic acid groups (broad SMARTS) is 1. The Labute approximate surface area is 185 Å². The summed E-state index contributed by atoms with van der Waals surface area (Å²) in [6, 6.07) is 14.4. The molecule has 1 fully saturated rings. The lowest BCUT2D eigenvalue weighted by Gasteiger charge is -2.38. The van der Waals surface area contributed by atoms with Crippen LogP contribution >= 0.6 is 22.9 Å². The third kappa shape index (κ3) is 4.94. The van der Waals surface area contributed by atoms with Gasteiger partial charge in [0.2, 0.25) is 0 Å². The highest BCUT2D eigenvalue weighted by atomic mass is 35.5. The fourth-order valence-corrected chi connectivity index (χ4v) is 5.48. The quantitative estimate of drug-likeness (QED) is 0.552. The van der Waals surface area contributed by atoms with E-state index in [-0.39, 0.29) is 6.42 Å². The maximum Gasteiger partial charge on any atom is 0.307 e.